The number of ether oxygens (including phenoxy) is 2. The summed E-state index contributed by atoms with van der Waals surface area (Å²) in [5.74, 6) is 0.575. The van der Waals surface area contributed by atoms with Crippen molar-refractivity contribution < 1.29 is 23.2 Å². The molecule has 0 bridgehead atoms. The van der Waals surface area contributed by atoms with Crippen LogP contribution >= 0.6 is 7.14 Å². The molecule has 6 nitrogen and oxygen atoms in total. The lowest BCUT2D eigenvalue weighted by molar-refractivity contribution is 0.0733. The average molecular weight is 595 g/mol. The number of nitrogens with zero attached hydrogens (tertiary/aromatic N) is 2. The number of hydrogen-bond acceptors (Lipinski definition) is 6. The van der Waals surface area contributed by atoms with E-state index < -0.39 is 18.9 Å². The molecule has 1 heterocycles. The number of benzene rings is 2. The number of esters is 1. The van der Waals surface area contributed by atoms with Gasteiger partial charge in [-0.2, -0.15) is 0 Å². The number of methoxy groups -OCH3 is 1. The minimum absolute atomic E-state index is 0.197. The van der Waals surface area contributed by atoms with Gasteiger partial charge < -0.3 is 14.0 Å². The Morgan fingerprint density at radius 2 is 1.76 bits per heavy atom. The molecule has 0 amide bonds. The smallest absolute Gasteiger partial charge is 0.343 e. The molecule has 1 aliphatic rings. The fraction of sp³-hybridized carbons (Fsp3) is 0.471. The zero-order chi connectivity index (χ0) is 30.8. The lowest BCUT2D eigenvalue weighted by Crippen LogP contribution is -2.36. The molecule has 1 aromatic heterocycles. The summed E-state index contributed by atoms with van der Waals surface area (Å²) in [5, 5.41) is 0. The van der Waals surface area contributed by atoms with Crippen molar-refractivity contribution in [2.24, 2.45) is 5.92 Å². The van der Waals surface area contributed by atoms with E-state index in [2.05, 4.69) is 37.6 Å². The molecule has 0 saturated heterocycles. The third kappa shape index (κ3) is 7.87. The van der Waals surface area contributed by atoms with E-state index >= 15 is 4.39 Å². The lowest BCUT2D eigenvalue weighted by atomic mass is 9.93. The maximum Gasteiger partial charge on any atom is 0.343 e. The van der Waals surface area contributed by atoms with Gasteiger partial charge in [0.05, 0.1) is 26.0 Å². The minimum atomic E-state index is -2.22. The van der Waals surface area contributed by atoms with Crippen LogP contribution in [0.4, 0.5) is 4.39 Å². The van der Waals surface area contributed by atoms with Crippen LogP contribution in [-0.4, -0.2) is 54.5 Å². The number of rotatable bonds is 12. The highest BCUT2D eigenvalue weighted by Crippen LogP contribution is 2.51. The van der Waals surface area contributed by atoms with Gasteiger partial charge in [-0.15, -0.1) is 0 Å². The van der Waals surface area contributed by atoms with Crippen molar-refractivity contribution in [3.63, 3.8) is 0 Å². The van der Waals surface area contributed by atoms with Crippen molar-refractivity contribution in [1.82, 2.24) is 9.88 Å². The van der Waals surface area contributed by atoms with Crippen LogP contribution in [0.15, 0.2) is 48.7 Å². The van der Waals surface area contributed by atoms with Gasteiger partial charge >= 0.3 is 5.97 Å². The maximum atomic E-state index is 15.1. The topological polar surface area (TPSA) is 68.7 Å². The molecule has 0 N–H and O–H groups in total. The number of aromatic nitrogens is 1. The SMILES string of the molecule is COc1cc(-c2cc(C)c(C(=O)Oc3cccc(C(CP(C)(C)=O)C4CC4)c3)cc2CN(C(C)C)C(C)C)c(F)cn1. The standard InChI is InChI=1S/C34H44FN2O4P/c1-21(2)37(22(3)4)19-26-16-28(23(5)14-29(26)30-17-33(40-6)36-18-32(30)35)34(38)41-27-11-9-10-25(15-27)31(24-12-13-24)20-42(7,8)39/h9-11,14-18,21-22,24,31H,12-13,19-20H2,1-8H3. The third-order valence-electron chi connectivity index (χ3n) is 8.00. The molecule has 0 spiro atoms. The van der Waals surface area contributed by atoms with E-state index in [4.69, 9.17) is 9.47 Å². The summed E-state index contributed by atoms with van der Waals surface area (Å²) in [6.07, 6.45) is 4.08. The van der Waals surface area contributed by atoms with Crippen LogP contribution in [0, 0.1) is 18.7 Å². The Kier molecular flexibility index (Phi) is 9.95. The normalized spacial score (nSPS) is 14.5. The average Bonchev–Trinajstić information content (AvgIpc) is 3.76. The Hall–Kier alpha value is -3.02. The largest absolute Gasteiger partial charge is 0.481 e. The summed E-state index contributed by atoms with van der Waals surface area (Å²) in [6.45, 7) is 14.5. The molecule has 226 valence electrons. The van der Waals surface area contributed by atoms with E-state index in [0.717, 1.165) is 30.2 Å². The van der Waals surface area contributed by atoms with Crippen molar-refractivity contribution in [2.75, 3.05) is 26.6 Å². The Labute approximate surface area is 250 Å². The zero-order valence-electron chi connectivity index (χ0n) is 26.1. The van der Waals surface area contributed by atoms with Gasteiger partial charge in [0.15, 0.2) is 0 Å². The summed E-state index contributed by atoms with van der Waals surface area (Å²) >= 11 is 0. The molecule has 4 rings (SSSR count). The van der Waals surface area contributed by atoms with Gasteiger partial charge in [0, 0.05) is 36.4 Å². The van der Waals surface area contributed by atoms with Gasteiger partial charge in [0.2, 0.25) is 5.88 Å². The van der Waals surface area contributed by atoms with Crippen LogP contribution in [-0.2, 0) is 11.1 Å². The molecule has 0 aliphatic heterocycles. The Balaban J connectivity index is 1.71. The summed E-state index contributed by atoms with van der Waals surface area (Å²) in [6, 6.07) is 13.4. The van der Waals surface area contributed by atoms with E-state index in [9.17, 15) is 9.36 Å². The predicted octanol–water partition coefficient (Wildman–Crippen LogP) is 8.16. The summed E-state index contributed by atoms with van der Waals surface area (Å²) in [5.41, 5.74) is 4.04. The molecule has 0 radical (unpaired) electrons. The second-order valence-electron chi connectivity index (χ2n) is 12.6. The summed E-state index contributed by atoms with van der Waals surface area (Å²) < 4.78 is 39.0. The van der Waals surface area contributed by atoms with Gasteiger partial charge in [0.1, 0.15) is 11.6 Å². The highest BCUT2D eigenvalue weighted by molar-refractivity contribution is 7.62. The van der Waals surface area contributed by atoms with Crippen LogP contribution in [0.2, 0.25) is 0 Å². The Morgan fingerprint density at radius 1 is 1.07 bits per heavy atom. The van der Waals surface area contributed by atoms with Gasteiger partial charge in [-0.3, -0.25) is 4.90 Å². The van der Waals surface area contributed by atoms with Crippen LogP contribution in [0.1, 0.15) is 73.5 Å². The van der Waals surface area contributed by atoms with Crippen LogP contribution in [0.5, 0.6) is 11.6 Å². The number of carbonyl (C=O) groups excluding carboxylic acids is 1. The van der Waals surface area contributed by atoms with Crippen molar-refractivity contribution in [1.29, 1.82) is 0 Å². The molecule has 42 heavy (non-hydrogen) atoms. The molecule has 1 unspecified atom stereocenters. The number of carbonyl (C=O) groups is 1. The number of hydrogen-bond donors (Lipinski definition) is 0. The third-order valence-corrected chi connectivity index (χ3v) is 9.28. The molecule has 1 aliphatic carbocycles. The Morgan fingerprint density at radius 3 is 2.36 bits per heavy atom. The van der Waals surface area contributed by atoms with Crippen LogP contribution in [0.25, 0.3) is 11.1 Å². The van der Waals surface area contributed by atoms with Crippen molar-refractivity contribution >= 4 is 13.1 Å². The van der Waals surface area contributed by atoms with E-state index in [1.807, 2.05) is 50.6 Å². The fourth-order valence-corrected chi connectivity index (χ4v) is 7.18. The van der Waals surface area contributed by atoms with E-state index in [1.54, 1.807) is 12.1 Å². The van der Waals surface area contributed by atoms with E-state index in [1.165, 1.54) is 7.11 Å². The predicted molar refractivity (Wildman–Crippen MR) is 168 cm³/mol. The molecule has 1 saturated carbocycles. The highest BCUT2D eigenvalue weighted by Gasteiger charge is 2.35. The first-order valence-corrected chi connectivity index (χ1v) is 17.5. The van der Waals surface area contributed by atoms with Crippen molar-refractivity contribution in [2.45, 2.75) is 72.0 Å². The van der Waals surface area contributed by atoms with Gasteiger partial charge in [-0.05, 0) is 113 Å². The molecule has 3 aromatic rings. The lowest BCUT2D eigenvalue weighted by Gasteiger charge is -2.31. The quantitative estimate of drug-likeness (QED) is 0.120. The first-order valence-electron chi connectivity index (χ1n) is 14.7. The molecule has 8 heteroatoms. The number of halogens is 1. The molecular formula is C34H44FN2O4P. The first-order chi connectivity index (χ1) is 19.8. The fourth-order valence-electron chi connectivity index (χ4n) is 5.72. The minimum Gasteiger partial charge on any atom is -0.481 e. The summed E-state index contributed by atoms with van der Waals surface area (Å²) in [7, 11) is -0.720. The molecular weight excluding hydrogens is 550 g/mol. The summed E-state index contributed by atoms with van der Waals surface area (Å²) in [4.78, 5) is 19.9. The maximum absolute atomic E-state index is 15.1. The van der Waals surface area contributed by atoms with E-state index in [-0.39, 0.29) is 18.0 Å². The zero-order valence-corrected chi connectivity index (χ0v) is 27.0. The number of aryl methyl sites for hydroxylation is 1. The second kappa shape index (κ2) is 13.1. The molecule has 1 fully saturated rings. The van der Waals surface area contributed by atoms with Crippen molar-refractivity contribution in [3.05, 3.63) is 76.7 Å². The number of pyridine rings is 1. The monoisotopic (exact) mass is 594 g/mol. The van der Waals surface area contributed by atoms with Crippen LogP contribution < -0.4 is 9.47 Å². The van der Waals surface area contributed by atoms with Gasteiger partial charge in [0.25, 0.3) is 0 Å². The van der Waals surface area contributed by atoms with Gasteiger partial charge in [-0.25, -0.2) is 14.2 Å². The first kappa shape index (κ1) is 31.9. The van der Waals surface area contributed by atoms with Gasteiger partial charge in [-0.1, -0.05) is 18.2 Å². The molecule has 1 atom stereocenters. The second-order valence-corrected chi connectivity index (χ2v) is 16.1. The van der Waals surface area contributed by atoms with E-state index in [0.29, 0.717) is 52.5 Å². The highest BCUT2D eigenvalue weighted by atomic mass is 31.2. The molecule has 2 aromatic carbocycles. The Bertz CT molecular complexity index is 1470. The van der Waals surface area contributed by atoms with Crippen LogP contribution in [0.3, 0.4) is 0 Å². The van der Waals surface area contributed by atoms with Crippen molar-refractivity contribution in [3.8, 4) is 22.8 Å².